The highest BCUT2D eigenvalue weighted by Gasteiger charge is 2.13. The number of benzene rings is 2. The lowest BCUT2D eigenvalue weighted by atomic mass is 10.1. The van der Waals surface area contributed by atoms with Gasteiger partial charge in [0, 0.05) is 42.1 Å². The van der Waals surface area contributed by atoms with Crippen molar-refractivity contribution >= 4 is 38.4 Å². The minimum atomic E-state index is -3.73. The number of hydrogen-bond donors (Lipinski definition) is 2. The molecule has 0 bridgehead atoms. The molecule has 0 atom stereocenters. The molecule has 5 rings (SSSR count). The summed E-state index contributed by atoms with van der Waals surface area (Å²) >= 11 is 0. The predicted molar refractivity (Wildman–Crippen MR) is 127 cm³/mol. The van der Waals surface area contributed by atoms with Gasteiger partial charge in [-0.15, -0.1) is 0 Å². The van der Waals surface area contributed by atoms with Gasteiger partial charge in [-0.3, -0.25) is 0 Å². The van der Waals surface area contributed by atoms with Gasteiger partial charge in [0.05, 0.1) is 23.6 Å². The minimum absolute atomic E-state index is 0.0466. The second-order valence-corrected chi connectivity index (χ2v) is 9.23. The van der Waals surface area contributed by atoms with Crippen molar-refractivity contribution in [3.8, 4) is 11.1 Å². The Morgan fingerprint density at radius 3 is 2.36 bits per heavy atom. The summed E-state index contributed by atoms with van der Waals surface area (Å²) in [4.78, 5) is 15.9. The maximum Gasteiger partial charge on any atom is 0.238 e. The molecule has 3 N–H and O–H groups in total. The lowest BCUT2D eigenvalue weighted by Crippen LogP contribution is -2.36. The Balaban J connectivity index is 1.37. The molecule has 9 nitrogen and oxygen atoms in total. The van der Waals surface area contributed by atoms with E-state index in [1.807, 2.05) is 30.5 Å². The van der Waals surface area contributed by atoms with Crippen molar-refractivity contribution in [2.75, 3.05) is 36.5 Å². The lowest BCUT2D eigenvalue weighted by molar-refractivity contribution is 0.122. The zero-order chi connectivity index (χ0) is 22.8. The molecule has 1 saturated heterocycles. The molecule has 0 saturated carbocycles. The molecule has 10 heteroatoms. The lowest BCUT2D eigenvalue weighted by Gasteiger charge is -2.27. The number of sulfonamides is 1. The molecule has 0 spiro atoms. The third-order valence-corrected chi connectivity index (χ3v) is 6.37. The van der Waals surface area contributed by atoms with Crippen molar-refractivity contribution < 1.29 is 13.2 Å². The molecule has 1 aliphatic rings. The smallest absolute Gasteiger partial charge is 0.238 e. The van der Waals surface area contributed by atoms with Gasteiger partial charge in [0.25, 0.3) is 0 Å². The first-order chi connectivity index (χ1) is 16.0. The third kappa shape index (κ3) is 4.77. The molecule has 168 valence electrons. The topological polar surface area (TPSA) is 123 Å². The Kier molecular flexibility index (Phi) is 5.63. The molecule has 2 aromatic heterocycles. The van der Waals surface area contributed by atoms with Crippen molar-refractivity contribution in [3.05, 3.63) is 67.0 Å². The van der Waals surface area contributed by atoms with E-state index in [0.717, 1.165) is 54.2 Å². The molecule has 0 radical (unpaired) electrons. The molecule has 0 aliphatic carbocycles. The monoisotopic (exact) mass is 462 g/mol. The van der Waals surface area contributed by atoms with E-state index in [4.69, 9.17) is 9.88 Å². The highest BCUT2D eigenvalue weighted by Crippen LogP contribution is 2.26. The van der Waals surface area contributed by atoms with E-state index in [9.17, 15) is 8.42 Å². The van der Waals surface area contributed by atoms with Gasteiger partial charge in [0.15, 0.2) is 0 Å². The van der Waals surface area contributed by atoms with E-state index in [1.54, 1.807) is 18.3 Å². The fourth-order valence-electron chi connectivity index (χ4n) is 3.66. The van der Waals surface area contributed by atoms with Crippen LogP contribution in [0.2, 0.25) is 0 Å². The molecule has 33 heavy (non-hydrogen) atoms. The fourth-order valence-corrected chi connectivity index (χ4v) is 4.17. The first kappa shape index (κ1) is 21.3. The average Bonchev–Trinajstić information content (AvgIpc) is 2.84. The van der Waals surface area contributed by atoms with E-state index >= 15 is 0 Å². The number of fused-ring (bicyclic) bond motifs is 1. The maximum absolute atomic E-state index is 11.4. The number of aromatic nitrogens is 3. The van der Waals surface area contributed by atoms with Crippen molar-refractivity contribution in [3.63, 3.8) is 0 Å². The van der Waals surface area contributed by atoms with Crippen LogP contribution in [0.25, 0.3) is 22.0 Å². The Morgan fingerprint density at radius 1 is 0.909 bits per heavy atom. The van der Waals surface area contributed by atoms with Crippen LogP contribution in [-0.4, -0.2) is 49.7 Å². The zero-order valence-electron chi connectivity index (χ0n) is 17.7. The van der Waals surface area contributed by atoms with Crippen LogP contribution in [0.1, 0.15) is 0 Å². The molecule has 3 heterocycles. The van der Waals surface area contributed by atoms with Crippen LogP contribution < -0.4 is 15.4 Å². The van der Waals surface area contributed by atoms with Crippen LogP contribution in [0.4, 0.5) is 17.5 Å². The van der Waals surface area contributed by atoms with E-state index in [1.165, 1.54) is 12.1 Å². The van der Waals surface area contributed by atoms with Gasteiger partial charge in [-0.25, -0.2) is 28.5 Å². The molecule has 4 aromatic rings. The molecular formula is C23H22N6O3S. The van der Waals surface area contributed by atoms with Crippen LogP contribution in [0.15, 0.2) is 71.9 Å². The normalized spacial score (nSPS) is 14.4. The number of primary sulfonamides is 1. The largest absolute Gasteiger partial charge is 0.378 e. The molecule has 0 unspecified atom stereocenters. The van der Waals surface area contributed by atoms with Gasteiger partial charge in [0.1, 0.15) is 5.82 Å². The quantitative estimate of drug-likeness (QED) is 0.464. The van der Waals surface area contributed by atoms with Crippen LogP contribution in [-0.2, 0) is 14.8 Å². The van der Waals surface area contributed by atoms with Crippen LogP contribution in [0.3, 0.4) is 0 Å². The van der Waals surface area contributed by atoms with E-state index < -0.39 is 10.0 Å². The van der Waals surface area contributed by atoms with Gasteiger partial charge in [-0.2, -0.15) is 0 Å². The van der Waals surface area contributed by atoms with E-state index in [-0.39, 0.29) is 4.90 Å². The summed E-state index contributed by atoms with van der Waals surface area (Å²) in [7, 11) is -3.73. The maximum atomic E-state index is 11.4. The number of hydrogen-bond acceptors (Lipinski definition) is 8. The second-order valence-electron chi connectivity index (χ2n) is 7.67. The van der Waals surface area contributed by atoms with Gasteiger partial charge >= 0.3 is 0 Å². The van der Waals surface area contributed by atoms with E-state index in [0.29, 0.717) is 11.6 Å². The number of nitrogens with zero attached hydrogens (tertiary/aromatic N) is 4. The summed E-state index contributed by atoms with van der Waals surface area (Å²) < 4.78 is 28.2. The number of nitrogens with one attached hydrogen (secondary N) is 1. The molecular weight excluding hydrogens is 440 g/mol. The van der Waals surface area contributed by atoms with Crippen LogP contribution in [0, 0.1) is 0 Å². The summed E-state index contributed by atoms with van der Waals surface area (Å²) in [6, 6.07) is 16.2. The number of anilines is 3. The Labute approximate surface area is 191 Å². The summed E-state index contributed by atoms with van der Waals surface area (Å²) in [5, 5.41) is 9.15. The van der Waals surface area contributed by atoms with E-state index in [2.05, 4.69) is 31.2 Å². The summed E-state index contributed by atoms with van der Waals surface area (Å²) in [5.74, 6) is 1.36. The van der Waals surface area contributed by atoms with Crippen molar-refractivity contribution in [1.82, 2.24) is 15.0 Å². The van der Waals surface area contributed by atoms with Gasteiger partial charge in [-0.05, 0) is 48.0 Å². The number of rotatable bonds is 5. The predicted octanol–water partition coefficient (Wildman–Crippen LogP) is 2.92. The first-order valence-corrected chi connectivity index (χ1v) is 12.0. The highest BCUT2D eigenvalue weighted by molar-refractivity contribution is 7.89. The highest BCUT2D eigenvalue weighted by atomic mass is 32.2. The first-order valence-electron chi connectivity index (χ1n) is 10.4. The van der Waals surface area contributed by atoms with Gasteiger partial charge in [0.2, 0.25) is 16.0 Å². The summed E-state index contributed by atoms with van der Waals surface area (Å²) in [6.45, 7) is 3.14. The van der Waals surface area contributed by atoms with Crippen LogP contribution >= 0.6 is 0 Å². The SMILES string of the molecule is NS(=O)(=O)c1ccc(Nc2ncc3ccc(-c4ccc(N5CCOCC5)nc4)cc3n2)cc1. The number of ether oxygens (including phenoxy) is 1. The van der Waals surface area contributed by atoms with Crippen molar-refractivity contribution in [2.45, 2.75) is 4.90 Å². The Hall–Kier alpha value is -3.60. The molecule has 2 aromatic carbocycles. The molecule has 1 fully saturated rings. The third-order valence-electron chi connectivity index (χ3n) is 5.44. The van der Waals surface area contributed by atoms with Crippen LogP contribution in [0.5, 0.6) is 0 Å². The van der Waals surface area contributed by atoms with Crippen molar-refractivity contribution in [1.29, 1.82) is 0 Å². The number of nitrogens with two attached hydrogens (primary N) is 1. The number of morpholine rings is 1. The van der Waals surface area contributed by atoms with Gasteiger partial charge < -0.3 is 15.0 Å². The zero-order valence-corrected chi connectivity index (χ0v) is 18.5. The molecule has 1 aliphatic heterocycles. The minimum Gasteiger partial charge on any atom is -0.378 e. The van der Waals surface area contributed by atoms with Gasteiger partial charge in [-0.1, -0.05) is 12.1 Å². The Morgan fingerprint density at radius 2 is 1.67 bits per heavy atom. The Bertz CT molecular complexity index is 1390. The number of pyridine rings is 1. The average molecular weight is 463 g/mol. The summed E-state index contributed by atoms with van der Waals surface area (Å²) in [5.41, 5.74) is 3.44. The fraction of sp³-hybridized carbons (Fsp3) is 0.174. The van der Waals surface area contributed by atoms with Crippen molar-refractivity contribution in [2.24, 2.45) is 5.14 Å². The second kappa shape index (κ2) is 8.74. The summed E-state index contributed by atoms with van der Waals surface area (Å²) in [6.07, 6.45) is 3.62. The molecule has 0 amide bonds. The standard InChI is InChI=1S/C23H22N6O3S/c24-33(30,31)20-6-4-19(5-7-20)27-23-26-15-18-2-1-16(13-21(18)28-23)17-3-8-22(25-14-17)29-9-11-32-12-10-29/h1-8,13-15H,9-12H2,(H2,24,30,31)(H,26,27,28).